The van der Waals surface area contributed by atoms with Gasteiger partial charge in [-0.25, -0.2) is 0 Å². The van der Waals surface area contributed by atoms with Crippen molar-refractivity contribution >= 4 is 5.91 Å². The van der Waals surface area contributed by atoms with Crippen LogP contribution in [0.5, 0.6) is 0 Å². The molecule has 1 atom stereocenters. The van der Waals surface area contributed by atoms with E-state index in [0.717, 1.165) is 18.4 Å². The number of nitrogens with one attached hydrogen (secondary N) is 1. The maximum absolute atomic E-state index is 11.4. The van der Waals surface area contributed by atoms with Crippen molar-refractivity contribution in [1.29, 1.82) is 0 Å². The van der Waals surface area contributed by atoms with Crippen molar-refractivity contribution in [2.75, 3.05) is 26.3 Å². The zero-order valence-electron chi connectivity index (χ0n) is 11.1. The number of hydrogen-bond acceptors (Lipinski definition) is 3. The Bertz CT molecular complexity index is 229. The van der Waals surface area contributed by atoms with Crippen molar-refractivity contribution in [3.05, 3.63) is 12.2 Å². The number of carbonyl (C=O) groups excluding carboxylic acids is 1. The average Bonchev–Trinajstić information content (AvgIpc) is 2.26. The highest BCUT2D eigenvalue weighted by Gasteiger charge is 2.05. The quantitative estimate of drug-likeness (QED) is 0.450. The zero-order valence-corrected chi connectivity index (χ0v) is 11.1. The fourth-order valence-electron chi connectivity index (χ4n) is 1.40. The van der Waals surface area contributed by atoms with Crippen LogP contribution in [0.2, 0.25) is 0 Å². The molecule has 0 bridgehead atoms. The molecule has 0 aromatic carbocycles. The molecular weight excluding hydrogens is 216 g/mol. The van der Waals surface area contributed by atoms with E-state index in [1.165, 1.54) is 0 Å². The normalized spacial score (nSPS) is 12.2. The topological polar surface area (TPSA) is 64.3 Å². The number of hydrogen-bond donors (Lipinski definition) is 2. The molecular formula is C13H26N2O2. The van der Waals surface area contributed by atoms with E-state index in [0.29, 0.717) is 38.6 Å². The summed E-state index contributed by atoms with van der Waals surface area (Å²) in [6, 6.07) is 0. The van der Waals surface area contributed by atoms with E-state index in [1.807, 2.05) is 6.92 Å². The van der Waals surface area contributed by atoms with Crippen LogP contribution in [0, 0.1) is 5.92 Å². The summed E-state index contributed by atoms with van der Waals surface area (Å²) < 4.78 is 5.28. The molecule has 0 aliphatic rings. The minimum absolute atomic E-state index is 0.0906. The van der Waals surface area contributed by atoms with E-state index in [4.69, 9.17) is 10.5 Å². The Morgan fingerprint density at radius 2 is 2.18 bits per heavy atom. The maximum Gasteiger partial charge on any atom is 0.220 e. The van der Waals surface area contributed by atoms with Crippen molar-refractivity contribution in [3.63, 3.8) is 0 Å². The summed E-state index contributed by atoms with van der Waals surface area (Å²) in [5, 5.41) is 2.83. The Morgan fingerprint density at radius 1 is 1.47 bits per heavy atom. The van der Waals surface area contributed by atoms with Crippen LogP contribution >= 0.6 is 0 Å². The minimum atomic E-state index is 0.0906. The highest BCUT2D eigenvalue weighted by Crippen LogP contribution is 2.08. The van der Waals surface area contributed by atoms with Gasteiger partial charge in [-0.15, -0.1) is 0 Å². The summed E-state index contributed by atoms with van der Waals surface area (Å²) in [5.41, 5.74) is 6.44. The molecule has 0 spiro atoms. The number of ether oxygens (including phenoxy) is 1. The van der Waals surface area contributed by atoms with Crippen LogP contribution in [0.25, 0.3) is 0 Å². The molecule has 0 rings (SSSR count). The van der Waals surface area contributed by atoms with Crippen LogP contribution in [0.15, 0.2) is 12.2 Å². The van der Waals surface area contributed by atoms with E-state index in [2.05, 4.69) is 18.8 Å². The van der Waals surface area contributed by atoms with Gasteiger partial charge in [0.25, 0.3) is 0 Å². The molecule has 0 aromatic heterocycles. The van der Waals surface area contributed by atoms with Crippen molar-refractivity contribution in [1.82, 2.24) is 5.32 Å². The summed E-state index contributed by atoms with van der Waals surface area (Å²) in [7, 11) is 0. The first-order chi connectivity index (χ1) is 8.06. The second-order valence-corrected chi connectivity index (χ2v) is 4.58. The lowest BCUT2D eigenvalue weighted by atomic mass is 10.0. The van der Waals surface area contributed by atoms with Crippen molar-refractivity contribution in [2.45, 2.75) is 33.1 Å². The van der Waals surface area contributed by atoms with E-state index in [9.17, 15) is 4.79 Å². The fourth-order valence-corrected chi connectivity index (χ4v) is 1.40. The van der Waals surface area contributed by atoms with Crippen molar-refractivity contribution < 1.29 is 9.53 Å². The van der Waals surface area contributed by atoms with Gasteiger partial charge in [0.1, 0.15) is 0 Å². The molecule has 100 valence electrons. The molecule has 0 fully saturated rings. The zero-order chi connectivity index (χ0) is 13.1. The average molecular weight is 242 g/mol. The number of nitrogens with two attached hydrogens (primary N) is 1. The summed E-state index contributed by atoms with van der Waals surface area (Å²) in [6.07, 6.45) is 2.45. The van der Waals surface area contributed by atoms with Gasteiger partial charge >= 0.3 is 0 Å². The summed E-state index contributed by atoms with van der Waals surface area (Å²) in [6.45, 7) is 10.1. The lowest BCUT2D eigenvalue weighted by Gasteiger charge is -2.10. The van der Waals surface area contributed by atoms with Crippen LogP contribution in [0.3, 0.4) is 0 Å². The second kappa shape index (κ2) is 10.3. The van der Waals surface area contributed by atoms with Crippen LogP contribution in [0.4, 0.5) is 0 Å². The molecule has 4 heteroatoms. The second-order valence-electron chi connectivity index (χ2n) is 4.58. The Balaban J connectivity index is 3.37. The standard InChI is InChI=1S/C13H26N2O2/c1-11(2)10-17-9-8-15-13(16)5-4-12(3)6-7-14/h12H,1,4-10,14H2,2-3H3,(H,15,16). The van der Waals surface area contributed by atoms with Gasteiger partial charge in [0.2, 0.25) is 5.91 Å². The molecule has 3 N–H and O–H groups in total. The first-order valence-electron chi connectivity index (χ1n) is 6.25. The summed E-state index contributed by atoms with van der Waals surface area (Å²) >= 11 is 0. The third-order valence-corrected chi connectivity index (χ3v) is 2.44. The lowest BCUT2D eigenvalue weighted by molar-refractivity contribution is -0.121. The van der Waals surface area contributed by atoms with Gasteiger partial charge in [-0.1, -0.05) is 19.1 Å². The van der Waals surface area contributed by atoms with E-state index in [-0.39, 0.29) is 5.91 Å². The third-order valence-electron chi connectivity index (χ3n) is 2.44. The number of amides is 1. The number of rotatable bonds is 10. The van der Waals surface area contributed by atoms with Gasteiger partial charge in [-0.2, -0.15) is 0 Å². The fraction of sp³-hybridized carbons (Fsp3) is 0.769. The highest BCUT2D eigenvalue weighted by molar-refractivity contribution is 5.75. The molecule has 1 amide bonds. The SMILES string of the molecule is C=C(C)COCCNC(=O)CCC(C)CCN. The molecule has 0 aliphatic carbocycles. The van der Waals surface area contributed by atoms with Crippen molar-refractivity contribution in [2.24, 2.45) is 11.7 Å². The van der Waals surface area contributed by atoms with Gasteiger partial charge in [-0.3, -0.25) is 4.79 Å². The smallest absolute Gasteiger partial charge is 0.220 e. The summed E-state index contributed by atoms with van der Waals surface area (Å²) in [4.78, 5) is 11.4. The van der Waals surface area contributed by atoms with E-state index in [1.54, 1.807) is 0 Å². The Hall–Kier alpha value is -0.870. The molecule has 0 heterocycles. The molecule has 4 nitrogen and oxygen atoms in total. The van der Waals surface area contributed by atoms with E-state index >= 15 is 0 Å². The third kappa shape index (κ3) is 11.4. The van der Waals surface area contributed by atoms with Crippen LogP contribution in [-0.4, -0.2) is 32.2 Å². The molecule has 0 aromatic rings. The molecule has 1 unspecified atom stereocenters. The highest BCUT2D eigenvalue weighted by atomic mass is 16.5. The molecule has 0 radical (unpaired) electrons. The van der Waals surface area contributed by atoms with Crippen molar-refractivity contribution in [3.8, 4) is 0 Å². The van der Waals surface area contributed by atoms with Gasteiger partial charge in [0, 0.05) is 13.0 Å². The Morgan fingerprint density at radius 3 is 2.76 bits per heavy atom. The van der Waals surface area contributed by atoms with Gasteiger partial charge in [0.05, 0.1) is 13.2 Å². The lowest BCUT2D eigenvalue weighted by Crippen LogP contribution is -2.27. The first-order valence-corrected chi connectivity index (χ1v) is 6.25. The van der Waals surface area contributed by atoms with Gasteiger partial charge in [0.15, 0.2) is 0 Å². The van der Waals surface area contributed by atoms with Gasteiger partial charge in [-0.05, 0) is 32.2 Å². The molecule has 0 aliphatic heterocycles. The Labute approximate surface area is 105 Å². The minimum Gasteiger partial charge on any atom is -0.375 e. The summed E-state index contributed by atoms with van der Waals surface area (Å²) in [5.74, 6) is 0.609. The predicted molar refractivity (Wildman–Crippen MR) is 70.7 cm³/mol. The number of carbonyl (C=O) groups is 1. The van der Waals surface area contributed by atoms with Crippen LogP contribution < -0.4 is 11.1 Å². The first kappa shape index (κ1) is 16.1. The molecule has 17 heavy (non-hydrogen) atoms. The predicted octanol–water partition coefficient (Wildman–Crippen LogP) is 1.46. The van der Waals surface area contributed by atoms with Crippen LogP contribution in [-0.2, 0) is 9.53 Å². The van der Waals surface area contributed by atoms with E-state index < -0.39 is 0 Å². The monoisotopic (exact) mass is 242 g/mol. The largest absolute Gasteiger partial charge is 0.375 e. The van der Waals surface area contributed by atoms with Gasteiger partial charge < -0.3 is 15.8 Å². The molecule has 0 saturated carbocycles. The Kier molecular flexibility index (Phi) is 9.77. The van der Waals surface area contributed by atoms with Crippen LogP contribution in [0.1, 0.15) is 33.1 Å². The maximum atomic E-state index is 11.4. The molecule has 0 saturated heterocycles.